The van der Waals surface area contributed by atoms with E-state index >= 15 is 0 Å². The molecule has 4 aromatic rings. The highest BCUT2D eigenvalue weighted by atomic mass is 32.2. The van der Waals surface area contributed by atoms with Gasteiger partial charge in [0.2, 0.25) is 5.91 Å². The predicted molar refractivity (Wildman–Crippen MR) is 124 cm³/mol. The average Bonchev–Trinajstić information content (AvgIpc) is 3.24. The van der Waals surface area contributed by atoms with Gasteiger partial charge >= 0.3 is 0 Å². The standard InChI is InChI=1S/C22H23N5OS2/c1-13-11-29-22-20(13)14(2)18(30-22)9-26-5-6-27(19(28)10-26)8-15-3-4-16-17(7-15)24-12-25-21(16)23/h3-4,7,11-12H,5-6,8-10H2,1-2H3,(H2,23,24,25). The van der Waals surface area contributed by atoms with Crippen molar-refractivity contribution in [2.75, 3.05) is 25.4 Å². The average molecular weight is 438 g/mol. The minimum atomic E-state index is 0.177. The van der Waals surface area contributed by atoms with E-state index in [0.29, 0.717) is 18.9 Å². The molecule has 0 bridgehead atoms. The van der Waals surface area contributed by atoms with Crippen LogP contribution >= 0.6 is 22.7 Å². The molecule has 2 N–H and O–H groups in total. The third-order valence-corrected chi connectivity index (χ3v) is 8.32. The zero-order valence-electron chi connectivity index (χ0n) is 17.0. The van der Waals surface area contributed by atoms with E-state index in [1.54, 1.807) is 0 Å². The van der Waals surface area contributed by atoms with Crippen molar-refractivity contribution in [3.63, 3.8) is 0 Å². The molecular weight excluding hydrogens is 414 g/mol. The Labute approximate surface area is 183 Å². The van der Waals surface area contributed by atoms with Crippen LogP contribution in [0.15, 0.2) is 29.9 Å². The Kier molecular flexibility index (Phi) is 4.92. The van der Waals surface area contributed by atoms with Gasteiger partial charge in [-0.3, -0.25) is 9.69 Å². The van der Waals surface area contributed by atoms with Gasteiger partial charge in [-0.25, -0.2) is 9.97 Å². The first-order valence-electron chi connectivity index (χ1n) is 9.95. The summed E-state index contributed by atoms with van der Waals surface area (Å²) < 4.78 is 1.39. The molecule has 3 aromatic heterocycles. The Bertz CT molecular complexity index is 1260. The molecule has 1 aliphatic rings. The Hall–Kier alpha value is -2.55. The first kappa shape index (κ1) is 19.4. The molecule has 1 saturated heterocycles. The van der Waals surface area contributed by atoms with Crippen molar-refractivity contribution in [1.82, 2.24) is 19.8 Å². The minimum Gasteiger partial charge on any atom is -0.383 e. The van der Waals surface area contributed by atoms with Gasteiger partial charge in [-0.1, -0.05) is 6.07 Å². The van der Waals surface area contributed by atoms with Crippen LogP contribution in [0.25, 0.3) is 20.3 Å². The van der Waals surface area contributed by atoms with Crippen molar-refractivity contribution in [3.05, 3.63) is 51.5 Å². The zero-order chi connectivity index (χ0) is 20.8. The van der Waals surface area contributed by atoms with E-state index in [-0.39, 0.29) is 5.91 Å². The van der Waals surface area contributed by atoms with Crippen molar-refractivity contribution in [1.29, 1.82) is 0 Å². The smallest absolute Gasteiger partial charge is 0.237 e. The molecule has 1 fully saturated rings. The molecule has 1 aliphatic heterocycles. The lowest BCUT2D eigenvalue weighted by atomic mass is 10.1. The van der Waals surface area contributed by atoms with Crippen molar-refractivity contribution in [2.24, 2.45) is 0 Å². The Morgan fingerprint density at radius 2 is 2.03 bits per heavy atom. The highest BCUT2D eigenvalue weighted by Crippen LogP contribution is 2.38. The molecule has 1 amide bonds. The molecule has 1 aromatic carbocycles. The van der Waals surface area contributed by atoms with Gasteiger partial charge in [0.15, 0.2) is 0 Å². The molecule has 0 spiro atoms. The first-order chi connectivity index (χ1) is 14.5. The topological polar surface area (TPSA) is 75.3 Å². The number of piperazine rings is 1. The number of aromatic nitrogens is 2. The summed E-state index contributed by atoms with van der Waals surface area (Å²) in [6, 6.07) is 5.94. The molecule has 0 aliphatic carbocycles. The van der Waals surface area contributed by atoms with Crippen LogP contribution in [-0.4, -0.2) is 45.3 Å². The van der Waals surface area contributed by atoms with Crippen molar-refractivity contribution in [2.45, 2.75) is 26.9 Å². The Balaban J connectivity index is 1.26. The number of fused-ring (bicyclic) bond motifs is 2. The van der Waals surface area contributed by atoms with Crippen LogP contribution < -0.4 is 5.73 Å². The third kappa shape index (κ3) is 3.45. The van der Waals surface area contributed by atoms with E-state index in [0.717, 1.165) is 36.1 Å². The maximum Gasteiger partial charge on any atom is 0.237 e. The van der Waals surface area contributed by atoms with E-state index in [1.807, 2.05) is 45.8 Å². The van der Waals surface area contributed by atoms with E-state index in [2.05, 4.69) is 34.1 Å². The summed E-state index contributed by atoms with van der Waals surface area (Å²) in [4.78, 5) is 26.7. The summed E-state index contributed by atoms with van der Waals surface area (Å²) in [5.41, 5.74) is 10.5. The minimum absolute atomic E-state index is 0.177. The second-order valence-electron chi connectivity index (χ2n) is 7.87. The number of nitrogen functional groups attached to an aromatic ring is 1. The summed E-state index contributed by atoms with van der Waals surface area (Å²) in [5, 5.41) is 4.48. The highest BCUT2D eigenvalue weighted by molar-refractivity contribution is 7.37. The zero-order valence-corrected chi connectivity index (χ0v) is 18.6. The number of thiophene rings is 2. The second kappa shape index (κ2) is 7.61. The first-order valence-corrected chi connectivity index (χ1v) is 11.6. The monoisotopic (exact) mass is 437 g/mol. The third-order valence-electron chi connectivity index (χ3n) is 5.82. The van der Waals surface area contributed by atoms with Gasteiger partial charge in [0.1, 0.15) is 12.1 Å². The number of nitrogens with zero attached hydrogens (tertiary/aromatic N) is 4. The summed E-state index contributed by atoms with van der Waals surface area (Å²) in [6.45, 7) is 7.92. The van der Waals surface area contributed by atoms with Crippen LogP contribution in [0.2, 0.25) is 0 Å². The van der Waals surface area contributed by atoms with E-state index in [1.165, 1.54) is 31.7 Å². The van der Waals surface area contributed by atoms with Gasteiger partial charge in [-0.15, -0.1) is 22.7 Å². The van der Waals surface area contributed by atoms with Crippen molar-refractivity contribution in [3.8, 4) is 0 Å². The van der Waals surface area contributed by atoms with Gasteiger partial charge < -0.3 is 10.6 Å². The lowest BCUT2D eigenvalue weighted by Crippen LogP contribution is -2.49. The van der Waals surface area contributed by atoms with Gasteiger partial charge in [-0.05, 0) is 48.1 Å². The number of hydrogen-bond donors (Lipinski definition) is 1. The Morgan fingerprint density at radius 3 is 2.83 bits per heavy atom. The van der Waals surface area contributed by atoms with Crippen LogP contribution in [0.1, 0.15) is 21.6 Å². The molecule has 0 radical (unpaired) electrons. The fourth-order valence-electron chi connectivity index (χ4n) is 4.13. The number of carbonyl (C=O) groups is 1. The molecule has 4 heterocycles. The van der Waals surface area contributed by atoms with Crippen LogP contribution in [0.5, 0.6) is 0 Å². The van der Waals surface area contributed by atoms with Gasteiger partial charge in [0.25, 0.3) is 0 Å². The number of nitrogens with two attached hydrogens (primary N) is 1. The van der Waals surface area contributed by atoms with Crippen LogP contribution in [0, 0.1) is 13.8 Å². The SMILES string of the molecule is Cc1csc2sc(CN3CCN(Cc4ccc5c(N)ncnc5c4)C(=O)C3)c(C)c12. The molecule has 6 nitrogen and oxygen atoms in total. The number of benzene rings is 1. The number of amides is 1. The number of carbonyl (C=O) groups excluding carboxylic acids is 1. The maximum absolute atomic E-state index is 12.8. The summed E-state index contributed by atoms with van der Waals surface area (Å²) in [7, 11) is 0. The number of anilines is 1. The number of aryl methyl sites for hydroxylation is 2. The molecule has 0 atom stereocenters. The summed E-state index contributed by atoms with van der Waals surface area (Å²) in [5.74, 6) is 0.658. The lowest BCUT2D eigenvalue weighted by Gasteiger charge is -2.34. The largest absolute Gasteiger partial charge is 0.383 e. The number of rotatable bonds is 4. The van der Waals surface area contributed by atoms with Crippen LogP contribution in [0.3, 0.4) is 0 Å². The lowest BCUT2D eigenvalue weighted by molar-refractivity contribution is -0.136. The summed E-state index contributed by atoms with van der Waals surface area (Å²) >= 11 is 3.70. The quantitative estimate of drug-likeness (QED) is 0.523. The van der Waals surface area contributed by atoms with Gasteiger partial charge in [0, 0.05) is 41.8 Å². The van der Waals surface area contributed by atoms with Gasteiger partial charge in [0.05, 0.1) is 16.1 Å². The molecule has 0 unspecified atom stereocenters. The molecule has 8 heteroatoms. The van der Waals surface area contributed by atoms with Crippen molar-refractivity contribution < 1.29 is 4.79 Å². The van der Waals surface area contributed by atoms with Crippen molar-refractivity contribution >= 4 is 54.7 Å². The van der Waals surface area contributed by atoms with E-state index < -0.39 is 0 Å². The Morgan fingerprint density at radius 1 is 1.17 bits per heavy atom. The fraction of sp³-hybridized carbons (Fsp3) is 0.318. The molecule has 154 valence electrons. The van der Waals surface area contributed by atoms with Crippen LogP contribution in [0.4, 0.5) is 5.82 Å². The molecular formula is C22H23N5OS2. The van der Waals surface area contributed by atoms with Crippen LogP contribution in [-0.2, 0) is 17.9 Å². The molecule has 5 rings (SSSR count). The fourth-order valence-corrected chi connectivity index (χ4v) is 6.74. The normalized spacial score (nSPS) is 15.5. The predicted octanol–water partition coefficient (Wildman–Crippen LogP) is 3.95. The molecule has 0 saturated carbocycles. The molecule has 30 heavy (non-hydrogen) atoms. The summed E-state index contributed by atoms with van der Waals surface area (Å²) in [6.07, 6.45) is 1.48. The second-order valence-corrected chi connectivity index (χ2v) is 10.1. The van der Waals surface area contributed by atoms with E-state index in [9.17, 15) is 4.79 Å². The van der Waals surface area contributed by atoms with E-state index in [4.69, 9.17) is 5.73 Å². The highest BCUT2D eigenvalue weighted by Gasteiger charge is 2.25. The maximum atomic E-state index is 12.8. The number of hydrogen-bond acceptors (Lipinski definition) is 7. The van der Waals surface area contributed by atoms with Gasteiger partial charge in [-0.2, -0.15) is 0 Å².